The fraction of sp³-hybridized carbons (Fsp3) is 0.333. The van der Waals surface area contributed by atoms with Crippen molar-refractivity contribution >= 4 is 29.1 Å². The van der Waals surface area contributed by atoms with Crippen LogP contribution in [-0.4, -0.2) is 44.2 Å². The van der Waals surface area contributed by atoms with Gasteiger partial charge in [-0.1, -0.05) is 11.6 Å². The topological polar surface area (TPSA) is 51.7 Å². The molecule has 0 bridgehead atoms. The number of halogens is 1. The van der Waals surface area contributed by atoms with Crippen molar-refractivity contribution in [3.05, 3.63) is 57.4 Å². The van der Waals surface area contributed by atoms with E-state index in [2.05, 4.69) is 16.0 Å². The van der Waals surface area contributed by atoms with E-state index in [1.165, 1.54) is 0 Å². The molecule has 0 radical (unpaired) electrons. The van der Waals surface area contributed by atoms with Gasteiger partial charge in [-0.3, -0.25) is 4.79 Å². The summed E-state index contributed by atoms with van der Waals surface area (Å²) in [5.74, 6) is 0.745. The van der Waals surface area contributed by atoms with E-state index in [9.17, 15) is 4.79 Å². The zero-order valence-electron chi connectivity index (χ0n) is 15.4. The van der Waals surface area contributed by atoms with Crippen LogP contribution in [0.4, 0.5) is 5.69 Å². The number of aromatic nitrogens is 1. The van der Waals surface area contributed by atoms with Crippen molar-refractivity contribution in [3.8, 4) is 5.75 Å². The third-order valence-corrected chi connectivity index (χ3v) is 5.32. The highest BCUT2D eigenvalue weighted by atomic mass is 35.5. The monoisotopic (exact) mass is 384 g/mol. The Labute approximate surface area is 163 Å². The molecule has 0 saturated carbocycles. The van der Waals surface area contributed by atoms with Gasteiger partial charge in [0.2, 0.25) is 0 Å². The zero-order chi connectivity index (χ0) is 19.0. The lowest BCUT2D eigenvalue weighted by atomic mass is 10.1. The SMILES string of the molecule is COc1cc2c(cc1N1CCOCC1)C/C(=C\c1cc(C)cnc1Cl)C2=O. The predicted molar refractivity (Wildman–Crippen MR) is 106 cm³/mol. The summed E-state index contributed by atoms with van der Waals surface area (Å²) in [6.45, 7) is 4.98. The molecule has 0 amide bonds. The minimum absolute atomic E-state index is 0.0226. The first-order valence-corrected chi connectivity index (χ1v) is 9.35. The molecule has 0 N–H and O–H groups in total. The molecule has 27 heavy (non-hydrogen) atoms. The number of fused-ring (bicyclic) bond motifs is 1. The molecular weight excluding hydrogens is 364 g/mol. The maximum Gasteiger partial charge on any atom is 0.189 e. The molecule has 1 fully saturated rings. The highest BCUT2D eigenvalue weighted by Gasteiger charge is 2.28. The van der Waals surface area contributed by atoms with Gasteiger partial charge in [0.1, 0.15) is 10.9 Å². The summed E-state index contributed by atoms with van der Waals surface area (Å²) in [5.41, 5.74) is 5.24. The van der Waals surface area contributed by atoms with Crippen LogP contribution in [-0.2, 0) is 11.2 Å². The third-order valence-electron chi connectivity index (χ3n) is 5.01. The van der Waals surface area contributed by atoms with Crippen LogP contribution in [0.3, 0.4) is 0 Å². The maximum absolute atomic E-state index is 12.9. The first-order valence-electron chi connectivity index (χ1n) is 8.98. The minimum atomic E-state index is 0.0226. The largest absolute Gasteiger partial charge is 0.495 e. The number of benzene rings is 1. The number of hydrogen-bond acceptors (Lipinski definition) is 5. The molecule has 0 atom stereocenters. The van der Waals surface area contributed by atoms with Gasteiger partial charge >= 0.3 is 0 Å². The van der Waals surface area contributed by atoms with E-state index in [1.807, 2.05) is 25.1 Å². The fourth-order valence-corrected chi connectivity index (χ4v) is 3.78. The number of methoxy groups -OCH3 is 1. The second-order valence-electron chi connectivity index (χ2n) is 6.85. The van der Waals surface area contributed by atoms with Gasteiger partial charge in [0.15, 0.2) is 5.78 Å². The number of ketones is 1. The van der Waals surface area contributed by atoms with E-state index in [4.69, 9.17) is 21.1 Å². The van der Waals surface area contributed by atoms with Crippen LogP contribution in [0.1, 0.15) is 27.0 Å². The van der Waals surface area contributed by atoms with E-state index < -0.39 is 0 Å². The van der Waals surface area contributed by atoms with Gasteiger partial charge < -0.3 is 14.4 Å². The lowest BCUT2D eigenvalue weighted by Gasteiger charge is -2.30. The van der Waals surface area contributed by atoms with E-state index in [0.717, 1.165) is 46.8 Å². The lowest BCUT2D eigenvalue weighted by Crippen LogP contribution is -2.36. The number of hydrogen-bond donors (Lipinski definition) is 0. The number of anilines is 1. The number of nitrogens with zero attached hydrogens (tertiary/aromatic N) is 2. The Bertz CT molecular complexity index is 933. The number of rotatable bonds is 3. The number of Topliss-reactive ketones (excluding diaryl/α,β-unsaturated/α-hetero) is 1. The summed E-state index contributed by atoms with van der Waals surface area (Å²) in [5, 5.41) is 0.406. The summed E-state index contributed by atoms with van der Waals surface area (Å²) in [4.78, 5) is 19.3. The van der Waals surface area contributed by atoms with E-state index in [-0.39, 0.29) is 5.78 Å². The van der Waals surface area contributed by atoms with Crippen molar-refractivity contribution in [2.45, 2.75) is 13.3 Å². The van der Waals surface area contributed by atoms with Crippen LogP contribution in [0.5, 0.6) is 5.75 Å². The fourth-order valence-electron chi connectivity index (χ4n) is 3.62. The predicted octanol–water partition coefficient (Wildman–Crippen LogP) is 3.71. The third kappa shape index (κ3) is 3.45. The van der Waals surface area contributed by atoms with Gasteiger partial charge in [-0.25, -0.2) is 4.98 Å². The standard InChI is InChI=1S/C21H21ClN2O3/c1-13-7-16(21(22)23-12-13)9-15-8-14-10-18(24-3-5-27-6-4-24)19(26-2)11-17(14)20(15)25/h7,9-12H,3-6,8H2,1-2H3/b15-9+. The first kappa shape index (κ1) is 18.0. The van der Waals surface area contributed by atoms with Crippen molar-refractivity contribution in [1.82, 2.24) is 4.98 Å². The number of aryl methyl sites for hydroxylation is 1. The molecule has 0 spiro atoms. The molecule has 1 aromatic carbocycles. The number of carbonyl (C=O) groups is 1. The molecule has 1 aromatic heterocycles. The van der Waals surface area contributed by atoms with Crippen molar-refractivity contribution in [1.29, 1.82) is 0 Å². The van der Waals surface area contributed by atoms with Crippen molar-refractivity contribution < 1.29 is 14.3 Å². The number of carbonyl (C=O) groups excluding carboxylic acids is 1. The minimum Gasteiger partial charge on any atom is -0.495 e. The van der Waals surface area contributed by atoms with Crippen LogP contribution < -0.4 is 9.64 Å². The molecule has 2 aliphatic rings. The molecule has 1 saturated heterocycles. The second kappa shape index (κ2) is 7.33. The van der Waals surface area contributed by atoms with E-state index >= 15 is 0 Å². The normalized spacial score (nSPS) is 18.1. The van der Waals surface area contributed by atoms with Gasteiger partial charge in [0, 0.05) is 42.4 Å². The molecular formula is C21H21ClN2O3. The molecule has 6 heteroatoms. The van der Waals surface area contributed by atoms with Gasteiger partial charge in [-0.05, 0) is 42.3 Å². The zero-order valence-corrected chi connectivity index (χ0v) is 16.2. The molecule has 4 rings (SSSR count). The Kier molecular flexibility index (Phi) is 4.89. The van der Waals surface area contributed by atoms with Gasteiger partial charge in [0.05, 0.1) is 26.0 Å². The number of ether oxygens (including phenoxy) is 2. The molecule has 0 unspecified atom stereocenters. The Balaban J connectivity index is 1.71. The first-order chi connectivity index (χ1) is 13.1. The molecule has 1 aliphatic heterocycles. The van der Waals surface area contributed by atoms with Gasteiger partial charge in [-0.15, -0.1) is 0 Å². The molecule has 2 aromatic rings. The van der Waals surface area contributed by atoms with Crippen LogP contribution in [0.2, 0.25) is 5.15 Å². The summed E-state index contributed by atoms with van der Waals surface area (Å²) >= 11 is 6.20. The Hall–Kier alpha value is -2.37. The Morgan fingerprint density at radius 2 is 2.04 bits per heavy atom. The van der Waals surface area contributed by atoms with E-state index in [0.29, 0.717) is 30.4 Å². The van der Waals surface area contributed by atoms with Crippen LogP contribution in [0, 0.1) is 6.92 Å². The average molecular weight is 385 g/mol. The molecule has 2 heterocycles. The van der Waals surface area contributed by atoms with Crippen LogP contribution in [0.25, 0.3) is 6.08 Å². The highest BCUT2D eigenvalue weighted by Crippen LogP contribution is 2.38. The van der Waals surface area contributed by atoms with Crippen molar-refractivity contribution in [3.63, 3.8) is 0 Å². The maximum atomic E-state index is 12.9. The lowest BCUT2D eigenvalue weighted by molar-refractivity contribution is 0.104. The van der Waals surface area contributed by atoms with Crippen molar-refractivity contribution in [2.24, 2.45) is 0 Å². The van der Waals surface area contributed by atoms with Gasteiger partial charge in [-0.2, -0.15) is 0 Å². The quantitative estimate of drug-likeness (QED) is 0.596. The average Bonchev–Trinajstić information content (AvgIpc) is 2.99. The summed E-state index contributed by atoms with van der Waals surface area (Å²) in [7, 11) is 1.64. The number of pyridine rings is 1. The van der Waals surface area contributed by atoms with Crippen molar-refractivity contribution in [2.75, 3.05) is 38.3 Å². The second-order valence-corrected chi connectivity index (χ2v) is 7.21. The summed E-state index contributed by atoms with van der Waals surface area (Å²) in [6, 6.07) is 5.88. The summed E-state index contributed by atoms with van der Waals surface area (Å²) < 4.78 is 11.0. The Morgan fingerprint density at radius 1 is 1.26 bits per heavy atom. The molecule has 1 aliphatic carbocycles. The van der Waals surface area contributed by atoms with Crippen LogP contribution in [0.15, 0.2) is 30.0 Å². The number of allylic oxidation sites excluding steroid dienone is 1. The van der Waals surface area contributed by atoms with Gasteiger partial charge in [0.25, 0.3) is 0 Å². The smallest absolute Gasteiger partial charge is 0.189 e. The number of morpholine rings is 1. The Morgan fingerprint density at radius 3 is 2.78 bits per heavy atom. The molecule has 140 valence electrons. The van der Waals surface area contributed by atoms with E-state index in [1.54, 1.807) is 13.3 Å². The summed E-state index contributed by atoms with van der Waals surface area (Å²) in [6.07, 6.45) is 4.15. The molecule has 5 nitrogen and oxygen atoms in total. The highest BCUT2D eigenvalue weighted by molar-refractivity contribution is 6.31. The van der Waals surface area contributed by atoms with Crippen LogP contribution >= 0.6 is 11.6 Å².